The van der Waals surface area contributed by atoms with Crippen LogP contribution in [0.25, 0.3) is 5.69 Å². The number of nitrogens with one attached hydrogen (secondary N) is 1. The van der Waals surface area contributed by atoms with Gasteiger partial charge in [0.2, 0.25) is 5.95 Å². The SMILES string of the molecule is COc1cc(Nc2nccn2-c2ccccc2)ccc1Br. The second-order valence-corrected chi connectivity index (χ2v) is 5.29. The molecule has 106 valence electrons. The highest BCUT2D eigenvalue weighted by atomic mass is 79.9. The van der Waals surface area contributed by atoms with Crippen LogP contribution in [0.1, 0.15) is 0 Å². The Balaban J connectivity index is 1.91. The van der Waals surface area contributed by atoms with Crippen molar-refractivity contribution in [1.29, 1.82) is 0 Å². The molecule has 5 heteroatoms. The predicted molar refractivity (Wildman–Crippen MR) is 87.5 cm³/mol. The Labute approximate surface area is 131 Å². The van der Waals surface area contributed by atoms with Gasteiger partial charge in [0.05, 0.1) is 11.6 Å². The third-order valence-corrected chi connectivity index (χ3v) is 3.74. The van der Waals surface area contributed by atoms with Crippen molar-refractivity contribution in [3.05, 3.63) is 65.4 Å². The molecule has 0 saturated heterocycles. The molecule has 0 amide bonds. The first-order valence-electron chi connectivity index (χ1n) is 6.47. The van der Waals surface area contributed by atoms with Gasteiger partial charge in [-0.25, -0.2) is 4.98 Å². The number of para-hydroxylation sites is 1. The summed E-state index contributed by atoms with van der Waals surface area (Å²) < 4.78 is 8.22. The van der Waals surface area contributed by atoms with Gasteiger partial charge in [0.25, 0.3) is 0 Å². The van der Waals surface area contributed by atoms with E-state index in [1.165, 1.54) is 0 Å². The van der Waals surface area contributed by atoms with Gasteiger partial charge < -0.3 is 10.1 Å². The van der Waals surface area contributed by atoms with Crippen molar-refractivity contribution in [2.24, 2.45) is 0 Å². The van der Waals surface area contributed by atoms with Gasteiger partial charge in [-0.1, -0.05) is 18.2 Å². The summed E-state index contributed by atoms with van der Waals surface area (Å²) >= 11 is 3.45. The van der Waals surface area contributed by atoms with E-state index in [2.05, 4.69) is 26.2 Å². The number of imidazole rings is 1. The predicted octanol–water partition coefficient (Wildman–Crippen LogP) is 4.39. The molecule has 0 saturated carbocycles. The number of hydrogen-bond donors (Lipinski definition) is 1. The summed E-state index contributed by atoms with van der Waals surface area (Å²) in [6.45, 7) is 0. The highest BCUT2D eigenvalue weighted by molar-refractivity contribution is 9.10. The van der Waals surface area contributed by atoms with Crippen LogP contribution in [0.3, 0.4) is 0 Å². The number of rotatable bonds is 4. The van der Waals surface area contributed by atoms with E-state index in [0.29, 0.717) is 0 Å². The van der Waals surface area contributed by atoms with E-state index >= 15 is 0 Å². The van der Waals surface area contributed by atoms with E-state index in [1.54, 1.807) is 13.3 Å². The Morgan fingerprint density at radius 1 is 1.14 bits per heavy atom. The average molecular weight is 344 g/mol. The fraction of sp³-hybridized carbons (Fsp3) is 0.0625. The first kappa shape index (κ1) is 13.7. The summed E-state index contributed by atoms with van der Waals surface area (Å²) in [7, 11) is 1.65. The lowest BCUT2D eigenvalue weighted by Gasteiger charge is -2.11. The van der Waals surface area contributed by atoms with Crippen molar-refractivity contribution in [3.63, 3.8) is 0 Å². The molecule has 0 aliphatic rings. The van der Waals surface area contributed by atoms with Gasteiger partial charge in [0.1, 0.15) is 5.75 Å². The maximum atomic E-state index is 5.31. The third-order valence-electron chi connectivity index (χ3n) is 3.08. The van der Waals surface area contributed by atoms with Crippen molar-refractivity contribution < 1.29 is 4.74 Å². The zero-order chi connectivity index (χ0) is 14.7. The van der Waals surface area contributed by atoms with Crippen molar-refractivity contribution in [2.75, 3.05) is 12.4 Å². The van der Waals surface area contributed by atoms with E-state index in [0.717, 1.165) is 27.5 Å². The van der Waals surface area contributed by atoms with Crippen LogP contribution < -0.4 is 10.1 Å². The van der Waals surface area contributed by atoms with Crippen LogP contribution in [-0.2, 0) is 0 Å². The summed E-state index contributed by atoms with van der Waals surface area (Å²) in [5.41, 5.74) is 1.97. The summed E-state index contributed by atoms with van der Waals surface area (Å²) in [6.07, 6.45) is 3.69. The topological polar surface area (TPSA) is 39.1 Å². The Bertz CT molecular complexity index is 740. The summed E-state index contributed by atoms with van der Waals surface area (Å²) in [6, 6.07) is 15.9. The number of methoxy groups -OCH3 is 1. The molecule has 1 aromatic heterocycles. The van der Waals surface area contributed by atoms with E-state index in [1.807, 2.05) is 59.3 Å². The molecule has 21 heavy (non-hydrogen) atoms. The number of ether oxygens (including phenoxy) is 1. The Morgan fingerprint density at radius 2 is 1.95 bits per heavy atom. The number of hydrogen-bond acceptors (Lipinski definition) is 3. The maximum Gasteiger partial charge on any atom is 0.212 e. The highest BCUT2D eigenvalue weighted by Gasteiger charge is 2.07. The molecule has 0 spiro atoms. The van der Waals surface area contributed by atoms with Crippen molar-refractivity contribution in [3.8, 4) is 11.4 Å². The second-order valence-electron chi connectivity index (χ2n) is 4.43. The van der Waals surface area contributed by atoms with Gasteiger partial charge in [-0.15, -0.1) is 0 Å². The van der Waals surface area contributed by atoms with Crippen LogP contribution in [0.15, 0.2) is 65.4 Å². The number of nitrogens with zero attached hydrogens (tertiary/aromatic N) is 2. The summed E-state index contributed by atoms with van der Waals surface area (Å²) in [4.78, 5) is 4.37. The van der Waals surface area contributed by atoms with Gasteiger partial charge in [0.15, 0.2) is 0 Å². The van der Waals surface area contributed by atoms with Gasteiger partial charge in [-0.05, 0) is 40.2 Å². The molecule has 3 aromatic rings. The molecule has 0 aliphatic heterocycles. The molecule has 1 N–H and O–H groups in total. The fourth-order valence-electron chi connectivity index (χ4n) is 2.06. The molecule has 0 radical (unpaired) electrons. The normalized spacial score (nSPS) is 10.4. The van der Waals surface area contributed by atoms with E-state index < -0.39 is 0 Å². The molecule has 0 fully saturated rings. The minimum Gasteiger partial charge on any atom is -0.495 e. The zero-order valence-corrected chi connectivity index (χ0v) is 13.0. The third kappa shape index (κ3) is 2.92. The van der Waals surface area contributed by atoms with Crippen molar-refractivity contribution in [2.45, 2.75) is 0 Å². The van der Waals surface area contributed by atoms with Crippen LogP contribution in [-0.4, -0.2) is 16.7 Å². The largest absolute Gasteiger partial charge is 0.495 e. The molecule has 0 unspecified atom stereocenters. The second kappa shape index (κ2) is 6.01. The molecule has 2 aromatic carbocycles. The maximum absolute atomic E-state index is 5.31. The number of halogens is 1. The van der Waals surface area contributed by atoms with Crippen molar-refractivity contribution in [1.82, 2.24) is 9.55 Å². The van der Waals surface area contributed by atoms with Crippen LogP contribution in [0.4, 0.5) is 11.6 Å². The van der Waals surface area contributed by atoms with Gasteiger partial charge in [-0.3, -0.25) is 4.57 Å². The monoisotopic (exact) mass is 343 g/mol. The lowest BCUT2D eigenvalue weighted by atomic mass is 10.3. The molecular formula is C16H14BrN3O. The smallest absolute Gasteiger partial charge is 0.212 e. The van der Waals surface area contributed by atoms with Gasteiger partial charge >= 0.3 is 0 Å². The van der Waals surface area contributed by atoms with Crippen LogP contribution in [0.5, 0.6) is 5.75 Å². The summed E-state index contributed by atoms with van der Waals surface area (Å²) in [5, 5.41) is 3.30. The van der Waals surface area contributed by atoms with E-state index in [-0.39, 0.29) is 0 Å². The van der Waals surface area contributed by atoms with E-state index in [9.17, 15) is 0 Å². The number of benzene rings is 2. The van der Waals surface area contributed by atoms with E-state index in [4.69, 9.17) is 4.74 Å². The Morgan fingerprint density at radius 3 is 2.71 bits per heavy atom. The molecule has 0 bridgehead atoms. The van der Waals surface area contributed by atoms with Crippen LogP contribution >= 0.6 is 15.9 Å². The van der Waals surface area contributed by atoms with Gasteiger partial charge in [0, 0.05) is 29.8 Å². The van der Waals surface area contributed by atoms with Gasteiger partial charge in [-0.2, -0.15) is 0 Å². The molecule has 0 atom stereocenters. The lowest BCUT2D eigenvalue weighted by molar-refractivity contribution is 0.412. The quantitative estimate of drug-likeness (QED) is 0.763. The lowest BCUT2D eigenvalue weighted by Crippen LogP contribution is -2.01. The summed E-state index contributed by atoms with van der Waals surface area (Å²) in [5.74, 6) is 1.53. The molecule has 3 rings (SSSR count). The minimum absolute atomic E-state index is 0.755. The average Bonchev–Trinajstić information content (AvgIpc) is 2.98. The minimum atomic E-state index is 0.755. The fourth-order valence-corrected chi connectivity index (χ4v) is 2.47. The molecule has 1 heterocycles. The Hall–Kier alpha value is -2.27. The standard InChI is InChI=1S/C16H14BrN3O/c1-21-15-11-12(7-8-14(15)17)19-16-18-9-10-20(16)13-5-3-2-4-6-13/h2-11H,1H3,(H,18,19). The Kier molecular flexibility index (Phi) is 3.92. The molecule has 4 nitrogen and oxygen atoms in total. The van der Waals surface area contributed by atoms with Crippen molar-refractivity contribution >= 4 is 27.6 Å². The van der Waals surface area contributed by atoms with Crippen LogP contribution in [0, 0.1) is 0 Å². The van der Waals surface area contributed by atoms with Crippen LogP contribution in [0.2, 0.25) is 0 Å². The first-order valence-corrected chi connectivity index (χ1v) is 7.26. The highest BCUT2D eigenvalue weighted by Crippen LogP contribution is 2.29. The molecule has 0 aliphatic carbocycles. The number of anilines is 2. The zero-order valence-electron chi connectivity index (χ0n) is 11.5. The number of aromatic nitrogens is 2. The molecular weight excluding hydrogens is 330 g/mol. The first-order chi connectivity index (χ1) is 10.3.